The van der Waals surface area contributed by atoms with Crippen molar-refractivity contribution in [1.29, 1.82) is 0 Å². The van der Waals surface area contributed by atoms with Gasteiger partial charge in [0.25, 0.3) is 5.69 Å². The number of nitro benzene ring substituents is 1. The zero-order valence-corrected chi connectivity index (χ0v) is 17.1. The number of nitro groups is 1. The van der Waals surface area contributed by atoms with Crippen LogP contribution in [0.3, 0.4) is 0 Å². The molecule has 0 bridgehead atoms. The monoisotopic (exact) mass is 437 g/mol. The summed E-state index contributed by atoms with van der Waals surface area (Å²) in [5, 5.41) is 18.8. The molecule has 0 saturated carbocycles. The molecule has 2 saturated heterocycles. The van der Waals surface area contributed by atoms with Crippen LogP contribution in [0.4, 0.5) is 17.1 Å². The zero-order chi connectivity index (χ0) is 21.1. The fraction of sp³-hybridized carbons (Fsp3) is 0.500. The van der Waals surface area contributed by atoms with E-state index < -0.39 is 14.9 Å². The molecule has 2 aromatic rings. The molecule has 12 heteroatoms. The van der Waals surface area contributed by atoms with Gasteiger partial charge in [-0.15, -0.1) is 0 Å². The average molecular weight is 437 g/mol. The molecule has 1 aromatic heterocycles. The Morgan fingerprint density at radius 3 is 2.77 bits per heavy atom. The number of nitrogens with one attached hydrogen (secondary N) is 1. The molecule has 0 radical (unpaired) electrons. The second-order valence-electron chi connectivity index (χ2n) is 7.16. The molecule has 1 N–H and O–H groups in total. The lowest BCUT2D eigenvalue weighted by molar-refractivity contribution is -0.384. The fourth-order valence-electron chi connectivity index (χ4n) is 3.55. The van der Waals surface area contributed by atoms with Crippen molar-refractivity contribution < 1.29 is 22.8 Å². The van der Waals surface area contributed by atoms with E-state index in [2.05, 4.69) is 10.4 Å². The molecular weight excluding hydrogens is 414 g/mol. The number of rotatable bonds is 7. The first kappa shape index (κ1) is 20.7. The van der Waals surface area contributed by atoms with Crippen molar-refractivity contribution in [2.45, 2.75) is 30.4 Å². The standard InChI is InChI=1S/C18H23N5O6S/c24-23(25)18-10-16(30(26,27)22-5-8-28-9-6-22)3-4-17(18)20-14-11-19-21(12-14)13-15-2-1-7-29-15/h3-4,10-12,15,20H,1-2,5-9,13H2/t15-/m0/s1. The maximum absolute atomic E-state index is 12.8. The second kappa shape index (κ2) is 8.68. The molecule has 2 aliphatic rings. The van der Waals surface area contributed by atoms with Crippen molar-refractivity contribution >= 4 is 27.1 Å². The Balaban J connectivity index is 1.54. The van der Waals surface area contributed by atoms with Gasteiger partial charge in [-0.1, -0.05) is 0 Å². The smallest absolute Gasteiger partial charge is 0.294 e. The van der Waals surface area contributed by atoms with E-state index in [-0.39, 0.29) is 35.5 Å². The van der Waals surface area contributed by atoms with Crippen LogP contribution in [-0.2, 0) is 26.0 Å². The molecule has 1 aromatic carbocycles. The third-order valence-electron chi connectivity index (χ3n) is 5.10. The average Bonchev–Trinajstić information content (AvgIpc) is 3.41. The summed E-state index contributed by atoms with van der Waals surface area (Å²) in [6, 6.07) is 3.86. The molecule has 162 valence electrons. The number of hydrogen-bond donors (Lipinski definition) is 1. The highest BCUT2D eigenvalue weighted by molar-refractivity contribution is 7.89. The van der Waals surface area contributed by atoms with Gasteiger partial charge in [0, 0.05) is 32.0 Å². The summed E-state index contributed by atoms with van der Waals surface area (Å²) < 4.78 is 39.4. The van der Waals surface area contributed by atoms with E-state index in [0.717, 1.165) is 25.5 Å². The van der Waals surface area contributed by atoms with E-state index in [1.54, 1.807) is 17.1 Å². The lowest BCUT2D eigenvalue weighted by Gasteiger charge is -2.26. The molecule has 11 nitrogen and oxygen atoms in total. The highest BCUT2D eigenvalue weighted by Crippen LogP contribution is 2.31. The van der Waals surface area contributed by atoms with Gasteiger partial charge in [-0.25, -0.2) is 8.42 Å². The van der Waals surface area contributed by atoms with Gasteiger partial charge in [0.2, 0.25) is 10.0 Å². The van der Waals surface area contributed by atoms with Gasteiger partial charge in [-0.3, -0.25) is 14.8 Å². The van der Waals surface area contributed by atoms with Crippen LogP contribution in [0.1, 0.15) is 12.8 Å². The van der Waals surface area contributed by atoms with Gasteiger partial charge >= 0.3 is 0 Å². The van der Waals surface area contributed by atoms with Gasteiger partial charge < -0.3 is 14.8 Å². The van der Waals surface area contributed by atoms with Crippen molar-refractivity contribution in [1.82, 2.24) is 14.1 Å². The van der Waals surface area contributed by atoms with E-state index in [4.69, 9.17) is 9.47 Å². The molecule has 0 aliphatic carbocycles. The van der Waals surface area contributed by atoms with Crippen molar-refractivity contribution in [3.8, 4) is 0 Å². The van der Waals surface area contributed by atoms with E-state index in [0.29, 0.717) is 25.4 Å². The molecule has 1 atom stereocenters. The highest BCUT2D eigenvalue weighted by atomic mass is 32.2. The molecule has 2 fully saturated rings. The van der Waals surface area contributed by atoms with Crippen LogP contribution >= 0.6 is 0 Å². The van der Waals surface area contributed by atoms with E-state index >= 15 is 0 Å². The zero-order valence-electron chi connectivity index (χ0n) is 16.3. The Bertz CT molecular complexity index is 1010. The number of sulfonamides is 1. The predicted molar refractivity (Wildman–Crippen MR) is 107 cm³/mol. The molecule has 0 spiro atoms. The van der Waals surface area contributed by atoms with Crippen LogP contribution in [0.25, 0.3) is 0 Å². The minimum atomic E-state index is -3.83. The summed E-state index contributed by atoms with van der Waals surface area (Å²) in [6.07, 6.45) is 5.44. The number of hydrogen-bond acceptors (Lipinski definition) is 8. The van der Waals surface area contributed by atoms with Gasteiger partial charge in [0.1, 0.15) is 5.69 Å². The quantitative estimate of drug-likeness (QED) is 0.512. The van der Waals surface area contributed by atoms with Gasteiger partial charge in [0.15, 0.2) is 0 Å². The first-order valence-electron chi connectivity index (χ1n) is 9.71. The van der Waals surface area contributed by atoms with Crippen molar-refractivity contribution in [2.75, 3.05) is 38.2 Å². The lowest BCUT2D eigenvalue weighted by atomic mass is 10.2. The largest absolute Gasteiger partial charge is 0.379 e. The van der Waals surface area contributed by atoms with Crippen molar-refractivity contribution in [3.63, 3.8) is 0 Å². The summed E-state index contributed by atoms with van der Waals surface area (Å²) in [7, 11) is -3.83. The van der Waals surface area contributed by atoms with Crippen LogP contribution < -0.4 is 5.32 Å². The Morgan fingerprint density at radius 1 is 1.27 bits per heavy atom. The molecule has 3 heterocycles. The Labute approximate surface area is 173 Å². The summed E-state index contributed by atoms with van der Waals surface area (Å²) >= 11 is 0. The van der Waals surface area contributed by atoms with Crippen LogP contribution in [0.15, 0.2) is 35.5 Å². The number of anilines is 2. The first-order valence-corrected chi connectivity index (χ1v) is 11.1. The topological polar surface area (TPSA) is 129 Å². The Kier molecular flexibility index (Phi) is 5.99. The Hall–Kier alpha value is -2.54. The second-order valence-corrected chi connectivity index (χ2v) is 9.10. The van der Waals surface area contributed by atoms with Crippen LogP contribution in [0.2, 0.25) is 0 Å². The lowest BCUT2D eigenvalue weighted by Crippen LogP contribution is -2.40. The molecule has 2 aliphatic heterocycles. The van der Waals surface area contributed by atoms with E-state index in [1.165, 1.54) is 16.4 Å². The predicted octanol–water partition coefficient (Wildman–Crippen LogP) is 1.73. The number of benzene rings is 1. The minimum Gasteiger partial charge on any atom is -0.379 e. The molecule has 0 unspecified atom stereocenters. The highest BCUT2D eigenvalue weighted by Gasteiger charge is 2.29. The maximum Gasteiger partial charge on any atom is 0.294 e. The summed E-state index contributed by atoms with van der Waals surface area (Å²) in [6.45, 7) is 2.41. The normalized spacial score (nSPS) is 20.3. The third kappa shape index (κ3) is 4.46. The molecular formula is C18H23N5O6S. The SMILES string of the molecule is O=[N+]([O-])c1cc(S(=O)(=O)N2CCOCC2)ccc1Nc1cnn(C[C@@H]2CCCO2)c1. The minimum absolute atomic E-state index is 0.115. The van der Waals surface area contributed by atoms with Gasteiger partial charge in [0.05, 0.1) is 47.6 Å². The van der Waals surface area contributed by atoms with Crippen LogP contribution in [-0.4, -0.2) is 66.4 Å². The van der Waals surface area contributed by atoms with Crippen molar-refractivity contribution in [3.05, 3.63) is 40.7 Å². The molecule has 30 heavy (non-hydrogen) atoms. The fourth-order valence-corrected chi connectivity index (χ4v) is 4.97. The maximum atomic E-state index is 12.8. The van der Waals surface area contributed by atoms with E-state index in [9.17, 15) is 18.5 Å². The number of aromatic nitrogens is 2. The third-order valence-corrected chi connectivity index (χ3v) is 7.00. The summed E-state index contributed by atoms with van der Waals surface area (Å²) in [5.41, 5.74) is 0.439. The Morgan fingerprint density at radius 2 is 2.07 bits per heavy atom. The summed E-state index contributed by atoms with van der Waals surface area (Å²) in [5.74, 6) is 0. The number of morpholine rings is 1. The number of ether oxygens (including phenoxy) is 2. The van der Waals surface area contributed by atoms with Crippen LogP contribution in [0, 0.1) is 10.1 Å². The van der Waals surface area contributed by atoms with Gasteiger partial charge in [-0.2, -0.15) is 9.40 Å². The summed E-state index contributed by atoms with van der Waals surface area (Å²) in [4.78, 5) is 10.9. The van der Waals surface area contributed by atoms with Gasteiger partial charge in [-0.05, 0) is 25.0 Å². The molecule has 4 rings (SSSR count). The van der Waals surface area contributed by atoms with E-state index in [1.807, 2.05) is 0 Å². The number of nitrogens with zero attached hydrogens (tertiary/aromatic N) is 4. The first-order chi connectivity index (χ1) is 14.4. The molecule has 0 amide bonds. The van der Waals surface area contributed by atoms with Crippen LogP contribution in [0.5, 0.6) is 0 Å². The van der Waals surface area contributed by atoms with Crippen molar-refractivity contribution in [2.24, 2.45) is 0 Å².